The highest BCUT2D eigenvalue weighted by Crippen LogP contribution is 2.11. The van der Waals surface area contributed by atoms with Gasteiger partial charge in [-0.3, -0.25) is 19.7 Å². The highest BCUT2D eigenvalue weighted by atomic mass is 16.5. The summed E-state index contributed by atoms with van der Waals surface area (Å²) >= 11 is 0. The Hall–Kier alpha value is -3.18. The summed E-state index contributed by atoms with van der Waals surface area (Å²) in [7, 11) is 0. The van der Waals surface area contributed by atoms with Crippen LogP contribution in [0.15, 0.2) is 48.5 Å². The van der Waals surface area contributed by atoms with E-state index in [1.807, 2.05) is 12.1 Å². The summed E-state index contributed by atoms with van der Waals surface area (Å²) in [6.45, 7) is 5.87. The zero-order chi connectivity index (χ0) is 21.3. The van der Waals surface area contributed by atoms with Gasteiger partial charge in [0, 0.05) is 36.4 Å². The van der Waals surface area contributed by atoms with E-state index in [1.165, 1.54) is 12.5 Å². The van der Waals surface area contributed by atoms with Gasteiger partial charge >= 0.3 is 0 Å². The second kappa shape index (κ2) is 10.6. The average Bonchev–Trinajstić information content (AvgIpc) is 2.79. The molecule has 30 heavy (non-hydrogen) atoms. The van der Waals surface area contributed by atoms with E-state index in [2.05, 4.69) is 34.2 Å². The number of carbonyl (C=O) groups is 2. The van der Waals surface area contributed by atoms with Crippen LogP contribution in [0.2, 0.25) is 0 Å². The third-order valence-corrected chi connectivity index (χ3v) is 4.85. The molecule has 3 rings (SSSR count). The van der Waals surface area contributed by atoms with Crippen LogP contribution in [0.3, 0.4) is 0 Å². The minimum absolute atomic E-state index is 0.193. The van der Waals surface area contributed by atoms with Crippen LogP contribution in [-0.2, 0) is 20.9 Å². The largest absolute Gasteiger partial charge is 0.379 e. The van der Waals surface area contributed by atoms with Crippen LogP contribution in [0.25, 0.3) is 0 Å². The zero-order valence-corrected chi connectivity index (χ0v) is 16.9. The van der Waals surface area contributed by atoms with Crippen LogP contribution in [0, 0.1) is 11.8 Å². The van der Waals surface area contributed by atoms with Crippen molar-refractivity contribution in [3.8, 4) is 11.8 Å². The molecule has 0 aromatic heterocycles. The molecule has 0 aliphatic carbocycles. The van der Waals surface area contributed by atoms with E-state index in [0.717, 1.165) is 44.0 Å². The first kappa shape index (κ1) is 21.5. The number of nitrogens with one attached hydrogen (secondary N) is 1. The molecule has 1 fully saturated rings. The molecule has 156 valence electrons. The molecule has 2 N–H and O–H groups in total. The van der Waals surface area contributed by atoms with Gasteiger partial charge in [-0.05, 0) is 48.9 Å². The molecule has 7 heteroatoms. The predicted molar refractivity (Wildman–Crippen MR) is 113 cm³/mol. The number of carbonyl (C=O) groups excluding carboxylic acids is 2. The Bertz CT molecular complexity index is 910. The van der Waals surface area contributed by atoms with Gasteiger partial charge in [-0.25, -0.2) is 5.06 Å². The van der Waals surface area contributed by atoms with Gasteiger partial charge in [0.2, 0.25) is 12.3 Å². The lowest BCUT2D eigenvalue weighted by molar-refractivity contribution is -0.163. The number of hydrogen-bond donors (Lipinski definition) is 2. The van der Waals surface area contributed by atoms with E-state index in [0.29, 0.717) is 10.8 Å². The van der Waals surface area contributed by atoms with E-state index >= 15 is 0 Å². The van der Waals surface area contributed by atoms with Gasteiger partial charge < -0.3 is 10.1 Å². The van der Waals surface area contributed by atoms with Gasteiger partial charge in [0.1, 0.15) is 6.04 Å². The van der Waals surface area contributed by atoms with Gasteiger partial charge in [-0.2, -0.15) is 0 Å². The maximum absolute atomic E-state index is 12.0. The second-order valence-electron chi connectivity index (χ2n) is 7.06. The molecule has 1 aliphatic heterocycles. The fourth-order valence-electron chi connectivity index (χ4n) is 2.95. The van der Waals surface area contributed by atoms with Crippen molar-refractivity contribution in [2.24, 2.45) is 0 Å². The molecule has 0 saturated carbocycles. The average molecular weight is 407 g/mol. The molecule has 2 aromatic carbocycles. The summed E-state index contributed by atoms with van der Waals surface area (Å²) < 4.78 is 5.38. The second-order valence-corrected chi connectivity index (χ2v) is 7.06. The molecular weight excluding hydrogens is 382 g/mol. The number of ether oxygens (including phenoxy) is 1. The lowest BCUT2D eigenvalue weighted by Gasteiger charge is -2.26. The van der Waals surface area contributed by atoms with Crippen LogP contribution >= 0.6 is 0 Å². The predicted octanol–water partition coefficient (Wildman–Crippen LogP) is 2.09. The third kappa shape index (κ3) is 6.16. The summed E-state index contributed by atoms with van der Waals surface area (Å²) in [5, 5.41) is 12.2. The van der Waals surface area contributed by atoms with Crippen molar-refractivity contribution in [2.45, 2.75) is 19.5 Å². The highest BCUT2D eigenvalue weighted by molar-refractivity contribution is 5.95. The van der Waals surface area contributed by atoms with Crippen LogP contribution < -0.4 is 5.32 Å². The topological polar surface area (TPSA) is 82.1 Å². The number of amides is 2. The normalized spacial score (nSPS) is 14.9. The Balaban J connectivity index is 1.55. The maximum Gasteiger partial charge on any atom is 0.249 e. The van der Waals surface area contributed by atoms with Gasteiger partial charge in [0.25, 0.3) is 0 Å². The number of hydroxylamine groups is 2. The molecule has 1 unspecified atom stereocenters. The summed E-state index contributed by atoms with van der Waals surface area (Å²) in [5.41, 5.74) is 3.57. The maximum atomic E-state index is 12.0. The molecule has 0 bridgehead atoms. The van der Waals surface area contributed by atoms with Crippen LogP contribution in [0.5, 0.6) is 0 Å². The van der Waals surface area contributed by atoms with Crippen LogP contribution in [-0.4, -0.2) is 59.8 Å². The SMILES string of the molecule is CC(C(=O)Nc1ccc(C#Cc2ccc(CN3CCOCC3)cc2)cc1)N(O)C=O. The van der Waals surface area contributed by atoms with Crippen molar-refractivity contribution < 1.29 is 19.5 Å². The number of anilines is 1. The highest BCUT2D eigenvalue weighted by Gasteiger charge is 2.18. The molecular formula is C23H25N3O4. The minimum Gasteiger partial charge on any atom is -0.379 e. The summed E-state index contributed by atoms with van der Waals surface area (Å²) in [6.07, 6.45) is 0.193. The lowest BCUT2D eigenvalue weighted by atomic mass is 10.1. The monoisotopic (exact) mass is 407 g/mol. The molecule has 1 saturated heterocycles. The molecule has 2 aromatic rings. The van der Waals surface area contributed by atoms with Crippen molar-refractivity contribution in [1.29, 1.82) is 0 Å². The van der Waals surface area contributed by atoms with Gasteiger partial charge in [-0.1, -0.05) is 24.0 Å². The number of nitrogens with zero attached hydrogens (tertiary/aromatic N) is 2. The molecule has 0 spiro atoms. The number of benzene rings is 2. The molecule has 1 atom stereocenters. The summed E-state index contributed by atoms with van der Waals surface area (Å²) in [6, 6.07) is 14.3. The molecule has 1 heterocycles. The number of morpholine rings is 1. The minimum atomic E-state index is -0.979. The van der Waals surface area contributed by atoms with Crippen molar-refractivity contribution in [3.05, 3.63) is 65.2 Å². The molecule has 1 aliphatic rings. The van der Waals surface area contributed by atoms with E-state index in [4.69, 9.17) is 4.74 Å². The Labute approximate surface area is 176 Å². The van der Waals surface area contributed by atoms with E-state index < -0.39 is 11.9 Å². The van der Waals surface area contributed by atoms with Crippen LogP contribution in [0.4, 0.5) is 5.69 Å². The first-order valence-electron chi connectivity index (χ1n) is 9.79. The summed E-state index contributed by atoms with van der Waals surface area (Å²) in [4.78, 5) is 24.8. The van der Waals surface area contributed by atoms with Gasteiger partial charge in [0.05, 0.1) is 13.2 Å². The fourth-order valence-corrected chi connectivity index (χ4v) is 2.95. The molecule has 2 amide bonds. The van der Waals surface area contributed by atoms with Crippen molar-refractivity contribution in [1.82, 2.24) is 9.96 Å². The van der Waals surface area contributed by atoms with Crippen LogP contribution in [0.1, 0.15) is 23.6 Å². The first-order valence-corrected chi connectivity index (χ1v) is 9.79. The molecule has 7 nitrogen and oxygen atoms in total. The number of hydrogen-bond acceptors (Lipinski definition) is 5. The van der Waals surface area contributed by atoms with Crippen molar-refractivity contribution in [3.63, 3.8) is 0 Å². The smallest absolute Gasteiger partial charge is 0.249 e. The Kier molecular flexibility index (Phi) is 7.57. The Morgan fingerprint density at radius 3 is 2.27 bits per heavy atom. The van der Waals surface area contributed by atoms with E-state index in [9.17, 15) is 14.8 Å². The third-order valence-electron chi connectivity index (χ3n) is 4.85. The first-order chi connectivity index (χ1) is 14.5. The fraction of sp³-hybridized carbons (Fsp3) is 0.304. The van der Waals surface area contributed by atoms with Gasteiger partial charge in [-0.15, -0.1) is 0 Å². The summed E-state index contributed by atoms with van der Waals surface area (Å²) in [5.74, 6) is 5.77. The standard InChI is InChI=1S/C23H25N3O4/c1-18(26(29)17-27)23(28)24-22-10-8-20(9-11-22)3-2-19-4-6-21(7-5-19)16-25-12-14-30-15-13-25/h4-11,17-18,29H,12-16H2,1H3,(H,24,28). The molecule has 0 radical (unpaired) electrons. The zero-order valence-electron chi connectivity index (χ0n) is 16.9. The van der Waals surface area contributed by atoms with E-state index in [-0.39, 0.29) is 6.41 Å². The number of rotatable bonds is 6. The van der Waals surface area contributed by atoms with Gasteiger partial charge in [0.15, 0.2) is 0 Å². The van der Waals surface area contributed by atoms with Crippen molar-refractivity contribution in [2.75, 3.05) is 31.6 Å². The quantitative estimate of drug-likeness (QED) is 0.332. The Morgan fingerprint density at radius 2 is 1.70 bits per heavy atom. The van der Waals surface area contributed by atoms with E-state index in [1.54, 1.807) is 24.3 Å². The lowest BCUT2D eigenvalue weighted by Crippen LogP contribution is -2.39. The Morgan fingerprint density at radius 1 is 1.13 bits per heavy atom. The van der Waals surface area contributed by atoms with Crippen molar-refractivity contribution >= 4 is 18.0 Å².